The fraction of sp³-hybridized carbons (Fsp3) is 0.312. The molecule has 45 heavy (non-hydrogen) atoms. The number of rotatable bonds is 6. The number of carbonyl (C=O) groups excluding carboxylic acids is 2. The van der Waals surface area contributed by atoms with Crippen LogP contribution in [0.1, 0.15) is 80.8 Å². The van der Waals surface area contributed by atoms with Gasteiger partial charge in [-0.2, -0.15) is 27.0 Å². The van der Waals surface area contributed by atoms with Crippen LogP contribution in [0.5, 0.6) is 0 Å². The quantitative estimate of drug-likeness (QED) is 0.171. The summed E-state index contributed by atoms with van der Waals surface area (Å²) in [7, 11) is 2.74. The first-order chi connectivity index (χ1) is 20.3. The first-order valence-corrected chi connectivity index (χ1v) is 13.9. The van der Waals surface area contributed by atoms with Crippen LogP contribution in [0.3, 0.4) is 0 Å². The van der Waals surface area contributed by atoms with E-state index < -0.39 is 0 Å². The first-order valence-electron chi connectivity index (χ1n) is 13.5. The highest BCUT2D eigenvalue weighted by atomic mass is 35.5. The van der Waals surface area contributed by atoms with Gasteiger partial charge < -0.3 is 20.5 Å². The van der Waals surface area contributed by atoms with Crippen molar-refractivity contribution in [3.05, 3.63) is 111 Å². The maximum absolute atomic E-state index is 11.4. The number of carbonyl (C=O) groups is 2. The highest BCUT2D eigenvalue weighted by Crippen LogP contribution is 2.19. The zero-order valence-corrected chi connectivity index (χ0v) is 29.6. The van der Waals surface area contributed by atoms with E-state index in [0.717, 1.165) is 40.0 Å². The van der Waals surface area contributed by atoms with Gasteiger partial charge in [0.1, 0.15) is 22.6 Å². The molecule has 2 aromatic heterocycles. The van der Waals surface area contributed by atoms with E-state index in [0.29, 0.717) is 16.3 Å². The summed E-state index contributed by atoms with van der Waals surface area (Å²) in [5.74, 6) is 1.61. The topological polar surface area (TPSA) is 142 Å². The average molecular weight is 675 g/mol. The van der Waals surface area contributed by atoms with Gasteiger partial charge in [-0.15, -0.1) is 0 Å². The van der Waals surface area contributed by atoms with Crippen molar-refractivity contribution < 1.29 is 19.1 Å². The molecule has 0 unspecified atom stereocenters. The van der Waals surface area contributed by atoms with Crippen molar-refractivity contribution in [1.29, 1.82) is 0 Å². The normalized spacial score (nSPS) is 11.0. The second kappa shape index (κ2) is 20.3. The molecule has 0 aliphatic rings. The molecule has 0 radical (unpaired) electrons. The third-order valence-corrected chi connectivity index (χ3v) is 6.15. The molecule has 0 bridgehead atoms. The van der Waals surface area contributed by atoms with Crippen molar-refractivity contribution in [3.63, 3.8) is 0 Å². The molecular weight excluding hydrogens is 632 g/mol. The van der Waals surface area contributed by atoms with E-state index in [1.165, 1.54) is 14.2 Å². The van der Waals surface area contributed by atoms with E-state index in [4.69, 9.17) is 17.3 Å². The number of benzene rings is 2. The summed E-state index contributed by atoms with van der Waals surface area (Å²) in [6, 6.07) is 18.1. The smallest absolute Gasteiger partial charge is 0.337 e. The van der Waals surface area contributed by atoms with Crippen molar-refractivity contribution in [2.24, 2.45) is 5.73 Å². The lowest BCUT2D eigenvalue weighted by atomic mass is 10.1. The molecule has 0 spiro atoms. The Morgan fingerprint density at radius 1 is 0.711 bits per heavy atom. The summed E-state index contributed by atoms with van der Waals surface area (Å²) >= 11 is 5.60. The van der Waals surface area contributed by atoms with Gasteiger partial charge >= 0.3 is 11.9 Å². The Labute approximate surface area is 284 Å². The molecule has 2 heterocycles. The van der Waals surface area contributed by atoms with Crippen LogP contribution in [0.2, 0.25) is 5.15 Å². The maximum Gasteiger partial charge on any atom is 0.337 e. The average Bonchev–Trinajstić information content (AvgIpc) is 2.96. The van der Waals surface area contributed by atoms with E-state index in [2.05, 4.69) is 34.7 Å². The molecule has 244 valence electrons. The van der Waals surface area contributed by atoms with Gasteiger partial charge in [-0.1, -0.05) is 35.9 Å². The third-order valence-electron chi connectivity index (χ3n) is 5.95. The monoisotopic (exact) mass is 674 g/mol. The molecule has 13 heteroatoms. The molecule has 2 atom stereocenters. The summed E-state index contributed by atoms with van der Waals surface area (Å²) in [5.41, 5.74) is 10.7. The van der Waals surface area contributed by atoms with Crippen molar-refractivity contribution >= 4 is 56.3 Å². The highest BCUT2D eigenvalue weighted by Gasteiger charge is 2.10. The van der Waals surface area contributed by atoms with Crippen molar-refractivity contribution in [2.75, 3.05) is 19.5 Å². The molecule has 0 fully saturated rings. The largest absolute Gasteiger partial charge is 0.465 e. The number of hydrogen-bond acceptors (Lipinski definition) is 10. The molecule has 0 saturated heterocycles. The second-order valence-corrected chi connectivity index (χ2v) is 10.1. The van der Waals surface area contributed by atoms with E-state index in [-0.39, 0.29) is 51.0 Å². The molecule has 0 aliphatic carbocycles. The maximum atomic E-state index is 11.4. The summed E-state index contributed by atoms with van der Waals surface area (Å²) in [6.45, 7) is 11.5. The number of esters is 2. The van der Waals surface area contributed by atoms with Crippen LogP contribution in [0.4, 0.5) is 5.82 Å². The molecule has 0 saturated carbocycles. The number of anilines is 1. The van der Waals surface area contributed by atoms with Gasteiger partial charge in [0.2, 0.25) is 0 Å². The number of ether oxygens (including phenoxy) is 2. The Kier molecular flexibility index (Phi) is 18.7. The van der Waals surface area contributed by atoms with Crippen molar-refractivity contribution in [1.82, 2.24) is 19.9 Å². The van der Waals surface area contributed by atoms with E-state index in [9.17, 15) is 9.59 Å². The Morgan fingerprint density at radius 2 is 1.13 bits per heavy atom. The number of nitrogens with two attached hydrogens (primary N) is 1. The minimum absolute atomic E-state index is 0. The predicted octanol–water partition coefficient (Wildman–Crippen LogP) is 6.52. The van der Waals surface area contributed by atoms with Crippen LogP contribution in [0.15, 0.2) is 60.7 Å². The number of hydrogen-bond donors (Lipinski definition) is 2. The lowest BCUT2D eigenvalue weighted by molar-refractivity contribution is 0.0592. The van der Waals surface area contributed by atoms with Crippen LogP contribution in [-0.2, 0) is 9.47 Å². The first kappa shape index (κ1) is 41.3. The second-order valence-electron chi connectivity index (χ2n) is 9.70. The minimum Gasteiger partial charge on any atom is -0.465 e. The lowest BCUT2D eigenvalue weighted by Gasteiger charge is -2.16. The summed E-state index contributed by atoms with van der Waals surface area (Å²) in [4.78, 5) is 39.0. The fourth-order valence-electron chi connectivity index (χ4n) is 3.83. The van der Waals surface area contributed by atoms with Crippen molar-refractivity contribution in [3.8, 4) is 0 Å². The summed E-state index contributed by atoms with van der Waals surface area (Å²) in [5, 5.41) is 3.85. The zero-order chi connectivity index (χ0) is 32.1. The Morgan fingerprint density at radius 3 is 1.51 bits per heavy atom. The van der Waals surface area contributed by atoms with Gasteiger partial charge in [0.25, 0.3) is 0 Å². The van der Waals surface area contributed by atoms with E-state index >= 15 is 0 Å². The highest BCUT2D eigenvalue weighted by molar-refractivity contribution is 7.59. The summed E-state index contributed by atoms with van der Waals surface area (Å²) < 4.78 is 9.25. The predicted molar refractivity (Wildman–Crippen MR) is 189 cm³/mol. The van der Waals surface area contributed by atoms with Crippen LogP contribution in [0.25, 0.3) is 0 Å². The molecule has 3 N–H and O–H groups in total. The summed E-state index contributed by atoms with van der Waals surface area (Å²) in [6.07, 6.45) is 0. The number of aromatic nitrogens is 4. The molecule has 10 nitrogen and oxygen atoms in total. The number of halogens is 1. The van der Waals surface area contributed by atoms with Gasteiger partial charge in [-0.05, 0) is 83.0 Å². The molecule has 4 rings (SSSR count). The van der Waals surface area contributed by atoms with Gasteiger partial charge in [-0.3, -0.25) is 0 Å². The van der Waals surface area contributed by atoms with Gasteiger partial charge in [0.15, 0.2) is 0 Å². The molecule has 0 amide bonds. The lowest BCUT2D eigenvalue weighted by Crippen LogP contribution is -2.10. The molecular formula is C32H43ClN6O4S2. The minimum atomic E-state index is -0.329. The SMILES string of the molecule is COC(=O)c1ccc([C@H](C)N)cc1.COC(=O)c1ccc([C@H](C)Nc2cc(C)nc(C)n2)cc1.Cc1cc(Cl)nc(C)n1.S.S. The fourth-order valence-corrected chi connectivity index (χ4v) is 4.11. The van der Waals surface area contributed by atoms with E-state index in [1.807, 2.05) is 71.9 Å². The Bertz CT molecular complexity index is 1440. The number of nitrogens with zero attached hydrogens (tertiary/aromatic N) is 4. The van der Waals surface area contributed by atoms with Crippen LogP contribution < -0.4 is 11.1 Å². The van der Waals surface area contributed by atoms with Crippen LogP contribution in [-0.4, -0.2) is 46.1 Å². The number of methoxy groups -OCH3 is 2. The molecule has 2 aromatic carbocycles. The van der Waals surface area contributed by atoms with Gasteiger partial charge in [0.05, 0.1) is 25.3 Å². The number of nitrogens with one attached hydrogen (secondary N) is 1. The van der Waals surface area contributed by atoms with Crippen LogP contribution in [0, 0.1) is 27.7 Å². The molecule has 0 aliphatic heterocycles. The molecule has 4 aromatic rings. The van der Waals surface area contributed by atoms with Gasteiger partial charge in [0, 0.05) is 29.5 Å². The number of aryl methyl sites for hydroxylation is 4. The third kappa shape index (κ3) is 14.3. The van der Waals surface area contributed by atoms with Crippen LogP contribution >= 0.6 is 38.6 Å². The Hall–Kier alpha value is -3.71. The zero-order valence-electron chi connectivity index (χ0n) is 26.8. The standard InChI is InChI=1S/C16H19N3O2.C10H13NO2.C6H7ClN2.2H2S/c1-10-9-15(19-12(3)17-10)18-11(2)13-5-7-14(8-6-13)16(20)21-4;1-7(11)8-3-5-9(6-4-8)10(12)13-2;1-4-3-6(7)9-5(2)8-4;;/h5-9,11H,1-4H3,(H,17,18,19);3-7H,11H2,1-2H3;3H,1-2H3;2*1H2/t11-;7-;;;/m00.../s1. The van der Waals surface area contributed by atoms with Gasteiger partial charge in [-0.25, -0.2) is 29.5 Å². The Balaban J connectivity index is 0.000000692. The van der Waals surface area contributed by atoms with Crippen molar-refractivity contribution in [2.45, 2.75) is 53.6 Å². The van der Waals surface area contributed by atoms with E-state index in [1.54, 1.807) is 30.3 Å².